The zero-order valence-corrected chi connectivity index (χ0v) is 18.4. The Morgan fingerprint density at radius 3 is 2.75 bits per heavy atom. The van der Waals surface area contributed by atoms with E-state index in [2.05, 4.69) is 63.7 Å². The number of benzene rings is 2. The van der Waals surface area contributed by atoms with Crippen molar-refractivity contribution in [1.29, 1.82) is 0 Å². The topological polar surface area (TPSA) is 41.7 Å². The number of allylic oxidation sites excluding steroid dienone is 4. The first-order valence-electron chi connectivity index (χ1n) is 11.0. The number of hydrogen-bond donors (Lipinski definition) is 0. The summed E-state index contributed by atoms with van der Waals surface area (Å²) in [7, 11) is 1.69. The summed E-state index contributed by atoms with van der Waals surface area (Å²) in [4.78, 5) is 4.57. The fourth-order valence-corrected chi connectivity index (χ4v) is 3.68. The van der Waals surface area contributed by atoms with Crippen molar-refractivity contribution in [3.8, 4) is 17.0 Å². The number of anilines is 1. The normalized spacial score (nSPS) is 16.1. The standard InChI is InChI=1S/C27H29N3O2/c1-31-25-15-10-12-23(20-25)22-30(19-11-18-29-16-8-3-2-4-9-17-29)27-21-26(28-32-27)24-13-6-5-7-14-24/h2-10,12-16,20-21H,11,17-19,22H2,1H3/b3-2-,9-4-,16-8-. The molecule has 2 aromatic carbocycles. The summed E-state index contributed by atoms with van der Waals surface area (Å²) in [6.45, 7) is 3.45. The third kappa shape index (κ3) is 5.91. The number of ether oxygens (including phenoxy) is 1. The Kier molecular flexibility index (Phi) is 7.42. The fourth-order valence-electron chi connectivity index (χ4n) is 3.68. The molecule has 3 aromatic rings. The summed E-state index contributed by atoms with van der Waals surface area (Å²) in [5, 5.41) is 4.32. The zero-order chi connectivity index (χ0) is 22.0. The van der Waals surface area contributed by atoms with Crippen molar-refractivity contribution in [2.24, 2.45) is 0 Å². The summed E-state index contributed by atoms with van der Waals surface area (Å²) in [5.74, 6) is 1.63. The number of aromatic nitrogens is 1. The minimum absolute atomic E-state index is 0.721. The van der Waals surface area contributed by atoms with E-state index in [1.807, 2.05) is 48.5 Å². The highest BCUT2D eigenvalue weighted by Gasteiger charge is 2.15. The smallest absolute Gasteiger partial charge is 0.228 e. The molecular weight excluding hydrogens is 398 g/mol. The van der Waals surface area contributed by atoms with Crippen molar-refractivity contribution < 1.29 is 9.26 Å². The second-order valence-corrected chi connectivity index (χ2v) is 7.69. The van der Waals surface area contributed by atoms with Crippen molar-refractivity contribution in [3.05, 3.63) is 103 Å². The summed E-state index contributed by atoms with van der Waals surface area (Å²) in [5.41, 5.74) is 3.07. The molecule has 1 aliphatic rings. The van der Waals surface area contributed by atoms with Crippen LogP contribution in [0.2, 0.25) is 0 Å². The quantitative estimate of drug-likeness (QED) is 0.439. The van der Waals surface area contributed by atoms with Crippen LogP contribution in [-0.2, 0) is 6.54 Å². The van der Waals surface area contributed by atoms with E-state index in [-0.39, 0.29) is 0 Å². The molecule has 0 amide bonds. The minimum Gasteiger partial charge on any atom is -0.497 e. The van der Waals surface area contributed by atoms with Gasteiger partial charge in [0.1, 0.15) is 11.4 Å². The van der Waals surface area contributed by atoms with Gasteiger partial charge in [0.05, 0.1) is 7.11 Å². The van der Waals surface area contributed by atoms with Crippen molar-refractivity contribution in [2.75, 3.05) is 31.6 Å². The Labute approximate surface area is 189 Å². The van der Waals surface area contributed by atoms with Gasteiger partial charge in [0.15, 0.2) is 0 Å². The lowest BCUT2D eigenvalue weighted by Gasteiger charge is -2.24. The van der Waals surface area contributed by atoms with Crippen molar-refractivity contribution in [1.82, 2.24) is 10.1 Å². The molecule has 1 aromatic heterocycles. The molecule has 0 N–H and O–H groups in total. The summed E-state index contributed by atoms with van der Waals surface area (Å²) in [6.07, 6.45) is 13.6. The molecule has 0 saturated carbocycles. The largest absolute Gasteiger partial charge is 0.497 e. The molecule has 0 spiro atoms. The van der Waals surface area contributed by atoms with Crippen LogP contribution in [-0.4, -0.2) is 36.8 Å². The van der Waals surface area contributed by atoms with Gasteiger partial charge < -0.3 is 19.1 Å². The maximum atomic E-state index is 5.79. The molecule has 164 valence electrons. The lowest BCUT2D eigenvalue weighted by atomic mass is 10.1. The molecule has 0 fully saturated rings. The van der Waals surface area contributed by atoms with E-state index in [1.165, 1.54) is 5.56 Å². The van der Waals surface area contributed by atoms with Gasteiger partial charge in [-0.1, -0.05) is 71.9 Å². The highest BCUT2D eigenvalue weighted by atomic mass is 16.5. The number of hydrogen-bond acceptors (Lipinski definition) is 5. The van der Waals surface area contributed by atoms with Crippen molar-refractivity contribution in [2.45, 2.75) is 13.0 Å². The van der Waals surface area contributed by atoms with Gasteiger partial charge in [-0.2, -0.15) is 0 Å². The summed E-state index contributed by atoms with van der Waals surface area (Å²) < 4.78 is 11.2. The molecule has 0 atom stereocenters. The van der Waals surface area contributed by atoms with E-state index in [0.717, 1.165) is 55.5 Å². The van der Waals surface area contributed by atoms with E-state index in [0.29, 0.717) is 0 Å². The molecule has 0 aliphatic carbocycles. The Morgan fingerprint density at radius 1 is 1.00 bits per heavy atom. The molecule has 5 heteroatoms. The predicted molar refractivity (Wildman–Crippen MR) is 130 cm³/mol. The molecule has 32 heavy (non-hydrogen) atoms. The highest BCUT2D eigenvalue weighted by Crippen LogP contribution is 2.26. The third-order valence-electron chi connectivity index (χ3n) is 5.37. The average Bonchev–Trinajstić information content (AvgIpc) is 3.31. The van der Waals surface area contributed by atoms with Crippen LogP contribution in [0, 0.1) is 0 Å². The van der Waals surface area contributed by atoms with Crippen molar-refractivity contribution in [3.63, 3.8) is 0 Å². The Balaban J connectivity index is 1.48. The minimum atomic E-state index is 0.721. The second kappa shape index (κ2) is 11.0. The van der Waals surface area contributed by atoms with Crippen LogP contribution in [0.1, 0.15) is 12.0 Å². The molecule has 4 rings (SSSR count). The van der Waals surface area contributed by atoms with Gasteiger partial charge in [0, 0.05) is 37.8 Å². The molecule has 0 radical (unpaired) electrons. The van der Waals surface area contributed by atoms with Crippen LogP contribution in [0.3, 0.4) is 0 Å². The fraction of sp³-hybridized carbons (Fsp3) is 0.222. The number of methoxy groups -OCH3 is 1. The van der Waals surface area contributed by atoms with Crippen LogP contribution >= 0.6 is 0 Å². The van der Waals surface area contributed by atoms with Crippen LogP contribution in [0.15, 0.2) is 102 Å². The monoisotopic (exact) mass is 427 g/mol. The molecular formula is C27H29N3O2. The number of nitrogens with zero attached hydrogens (tertiary/aromatic N) is 3. The van der Waals surface area contributed by atoms with Gasteiger partial charge in [-0.05, 0) is 36.4 Å². The number of rotatable bonds is 9. The van der Waals surface area contributed by atoms with E-state index in [4.69, 9.17) is 9.26 Å². The molecule has 5 nitrogen and oxygen atoms in total. The van der Waals surface area contributed by atoms with E-state index >= 15 is 0 Å². The molecule has 1 aliphatic heterocycles. The van der Waals surface area contributed by atoms with Crippen LogP contribution in [0.5, 0.6) is 5.75 Å². The van der Waals surface area contributed by atoms with E-state index in [1.54, 1.807) is 7.11 Å². The molecule has 2 heterocycles. The van der Waals surface area contributed by atoms with Gasteiger partial charge in [-0.3, -0.25) is 0 Å². The van der Waals surface area contributed by atoms with Crippen LogP contribution < -0.4 is 9.64 Å². The van der Waals surface area contributed by atoms with Crippen molar-refractivity contribution >= 4 is 5.88 Å². The third-order valence-corrected chi connectivity index (χ3v) is 5.37. The van der Waals surface area contributed by atoms with Gasteiger partial charge >= 0.3 is 0 Å². The first-order chi connectivity index (χ1) is 15.8. The molecule has 0 unspecified atom stereocenters. The summed E-state index contributed by atoms with van der Waals surface area (Å²) in [6, 6.07) is 20.3. The lowest BCUT2D eigenvalue weighted by Crippen LogP contribution is -2.27. The maximum Gasteiger partial charge on any atom is 0.228 e. The van der Waals surface area contributed by atoms with Gasteiger partial charge in [0.25, 0.3) is 0 Å². The van der Waals surface area contributed by atoms with Gasteiger partial charge in [0.2, 0.25) is 5.88 Å². The second-order valence-electron chi connectivity index (χ2n) is 7.69. The lowest BCUT2D eigenvalue weighted by molar-refractivity contribution is 0.391. The summed E-state index contributed by atoms with van der Waals surface area (Å²) >= 11 is 0. The van der Waals surface area contributed by atoms with Gasteiger partial charge in [-0.25, -0.2) is 0 Å². The Morgan fingerprint density at radius 2 is 1.88 bits per heavy atom. The SMILES string of the molecule is COc1cccc(CN(CCCN2\C=C/C=C\C=C/C2)c2cc(-c3ccccc3)no2)c1. The predicted octanol–water partition coefficient (Wildman–Crippen LogP) is 5.69. The Bertz CT molecular complexity index is 1070. The van der Waals surface area contributed by atoms with Crippen LogP contribution in [0.25, 0.3) is 11.3 Å². The molecule has 0 bridgehead atoms. The van der Waals surface area contributed by atoms with Crippen LogP contribution in [0.4, 0.5) is 5.88 Å². The van der Waals surface area contributed by atoms with E-state index in [9.17, 15) is 0 Å². The Hall–Kier alpha value is -3.73. The average molecular weight is 428 g/mol. The van der Waals surface area contributed by atoms with Gasteiger partial charge in [-0.15, -0.1) is 0 Å². The van der Waals surface area contributed by atoms with E-state index < -0.39 is 0 Å². The maximum absolute atomic E-state index is 5.79. The first-order valence-corrected chi connectivity index (χ1v) is 11.0. The zero-order valence-electron chi connectivity index (χ0n) is 18.4. The molecule has 0 saturated heterocycles. The first kappa shape index (κ1) is 21.5. The highest BCUT2D eigenvalue weighted by molar-refractivity contribution is 5.62.